The monoisotopic (exact) mass is 193 g/mol. The first-order valence-electron chi connectivity index (χ1n) is 2.59. The Bertz CT molecular complexity index is 245. The Morgan fingerprint density at radius 2 is 1.54 bits per heavy atom. The first-order chi connectivity index (χ1) is 5.18. The van der Waals surface area contributed by atoms with Crippen LogP contribution in [0.4, 0.5) is 4.79 Å². The van der Waals surface area contributed by atoms with Crippen LogP contribution in [0.15, 0.2) is 12.2 Å². The third-order valence-corrected chi connectivity index (χ3v) is 0.784. The molecule has 1 amide bonds. The number of hydrogen-bond donors (Lipinski definition) is 1. The first kappa shape index (κ1) is 13.6. The van der Waals surface area contributed by atoms with E-state index in [1.54, 1.807) is 5.48 Å². The van der Waals surface area contributed by atoms with Gasteiger partial charge in [0, 0.05) is 12.2 Å². The number of esters is 1. The fraction of sp³-hybridized carbons (Fsp3) is 0. The van der Waals surface area contributed by atoms with Gasteiger partial charge in [-0.25, -0.2) is 14.4 Å². The van der Waals surface area contributed by atoms with Gasteiger partial charge in [0.05, 0.1) is 0 Å². The summed E-state index contributed by atoms with van der Waals surface area (Å²) in [4.78, 5) is 35.2. The molecule has 0 saturated carbocycles. The van der Waals surface area contributed by atoms with Gasteiger partial charge < -0.3 is 20.5 Å². The molecule has 5 N–H and O–H groups in total. The lowest BCUT2D eigenvalue weighted by atomic mass is 10.5. The summed E-state index contributed by atoms with van der Waals surface area (Å²) in [6.45, 7) is 0. The van der Waals surface area contributed by atoms with Crippen LogP contribution in [0.1, 0.15) is 0 Å². The van der Waals surface area contributed by atoms with Crippen molar-refractivity contribution in [3.8, 4) is 0 Å². The molecule has 8 heteroatoms. The smallest absolute Gasteiger partial charge is 0.412 e. The average Bonchev–Trinajstić information content (AvgIpc) is 1.95. The third kappa shape index (κ3) is 4.50. The van der Waals surface area contributed by atoms with E-state index in [-0.39, 0.29) is 11.0 Å². The molecule has 0 aromatic carbocycles. The van der Waals surface area contributed by atoms with Gasteiger partial charge in [-0.15, -0.1) is 5.48 Å². The zero-order valence-corrected chi connectivity index (χ0v) is 6.20. The predicted octanol–water partition coefficient (Wildman–Crippen LogP) is -2.38. The summed E-state index contributed by atoms with van der Waals surface area (Å²) in [5.74, 6) is -1.76. The van der Waals surface area contributed by atoms with Crippen LogP contribution in [0.5, 0.6) is 0 Å². The average molecular weight is 193 g/mol. The summed E-state index contributed by atoms with van der Waals surface area (Å²) in [6, 6.07) is 0. The largest absolute Gasteiger partial charge is 0.448 e. The number of carbonyl (C=O) groups is 3. The highest BCUT2D eigenvalue weighted by Crippen LogP contribution is 1.89. The highest BCUT2D eigenvalue weighted by molar-refractivity contribution is 5.97. The molecule has 0 aromatic heterocycles. The number of nitrogens with one attached hydrogen (secondary N) is 1. The van der Waals surface area contributed by atoms with E-state index in [4.69, 9.17) is 0 Å². The van der Waals surface area contributed by atoms with Gasteiger partial charge in [-0.3, -0.25) is 0 Å². The molecular formula is C5H7NO7. The Morgan fingerprint density at radius 3 is 2.15 bits per heavy atom. The van der Waals surface area contributed by atoms with Crippen LogP contribution in [0.3, 0.4) is 0 Å². The number of ether oxygens (including phenoxy) is 1. The molecule has 1 aliphatic rings. The summed E-state index contributed by atoms with van der Waals surface area (Å²) in [5, 5.41) is 0. The van der Waals surface area contributed by atoms with Crippen molar-refractivity contribution in [3.05, 3.63) is 12.2 Å². The second kappa shape index (κ2) is 5.69. The Kier molecular flexibility index (Phi) is 5.97. The van der Waals surface area contributed by atoms with Crippen molar-refractivity contribution >= 4 is 18.0 Å². The lowest BCUT2D eigenvalue weighted by Crippen LogP contribution is -2.30. The van der Waals surface area contributed by atoms with Gasteiger partial charge in [0.25, 0.3) is 0 Å². The van der Waals surface area contributed by atoms with Crippen LogP contribution in [0, 0.1) is 0 Å². The maximum absolute atomic E-state index is 10.4. The molecule has 0 bridgehead atoms. The van der Waals surface area contributed by atoms with Crippen molar-refractivity contribution < 1.29 is 34.9 Å². The van der Waals surface area contributed by atoms with Gasteiger partial charge in [-0.2, -0.15) is 0 Å². The molecule has 0 aromatic rings. The quantitative estimate of drug-likeness (QED) is 0.337. The molecule has 1 rings (SSSR count). The number of amides is 1. The van der Waals surface area contributed by atoms with Gasteiger partial charge in [-0.05, 0) is 0 Å². The summed E-state index contributed by atoms with van der Waals surface area (Å²) < 4.78 is 3.99. The van der Waals surface area contributed by atoms with Crippen molar-refractivity contribution in [2.45, 2.75) is 0 Å². The van der Waals surface area contributed by atoms with Crippen molar-refractivity contribution in [1.82, 2.24) is 5.48 Å². The van der Waals surface area contributed by atoms with Crippen LogP contribution < -0.4 is 5.48 Å². The predicted molar refractivity (Wildman–Crippen MR) is 37.1 cm³/mol. The molecule has 13 heavy (non-hydrogen) atoms. The molecule has 0 spiro atoms. The van der Waals surface area contributed by atoms with E-state index in [1.165, 1.54) is 0 Å². The van der Waals surface area contributed by atoms with Crippen LogP contribution in [-0.2, 0) is 19.2 Å². The van der Waals surface area contributed by atoms with Crippen LogP contribution in [-0.4, -0.2) is 29.0 Å². The standard InChI is InChI=1S/C5H3NO5.2H2O/c7-3-1-2-4(8)11-6-5(9)10-3;;/h1-2H,(H,6,9);2*1H2/b2-1+;;. The maximum Gasteiger partial charge on any atom is 0.448 e. The van der Waals surface area contributed by atoms with Gasteiger partial charge in [-0.1, -0.05) is 0 Å². The van der Waals surface area contributed by atoms with Crippen molar-refractivity contribution in [3.63, 3.8) is 0 Å². The molecule has 74 valence electrons. The van der Waals surface area contributed by atoms with E-state index in [0.717, 1.165) is 12.2 Å². The van der Waals surface area contributed by atoms with Crippen LogP contribution in [0.25, 0.3) is 0 Å². The molecule has 1 aliphatic heterocycles. The van der Waals surface area contributed by atoms with Crippen molar-refractivity contribution in [2.24, 2.45) is 0 Å². The highest BCUT2D eigenvalue weighted by Gasteiger charge is 2.12. The maximum atomic E-state index is 10.4. The van der Waals surface area contributed by atoms with E-state index in [0.29, 0.717) is 0 Å². The zero-order valence-electron chi connectivity index (χ0n) is 6.20. The summed E-state index contributed by atoms with van der Waals surface area (Å²) >= 11 is 0. The Morgan fingerprint density at radius 1 is 1.00 bits per heavy atom. The van der Waals surface area contributed by atoms with E-state index in [2.05, 4.69) is 9.57 Å². The normalized spacial score (nSPS) is 17.4. The lowest BCUT2D eigenvalue weighted by Gasteiger charge is -2.04. The van der Waals surface area contributed by atoms with Crippen LogP contribution in [0.2, 0.25) is 0 Å². The zero-order chi connectivity index (χ0) is 8.27. The minimum absolute atomic E-state index is 0. The van der Waals surface area contributed by atoms with Gasteiger partial charge in [0.2, 0.25) is 0 Å². The summed E-state index contributed by atoms with van der Waals surface area (Å²) in [6.07, 6.45) is 0.510. The van der Waals surface area contributed by atoms with E-state index in [9.17, 15) is 14.4 Å². The molecule has 0 atom stereocenters. The minimum Gasteiger partial charge on any atom is -0.412 e. The number of carbonyl (C=O) groups excluding carboxylic acids is 3. The van der Waals surface area contributed by atoms with Crippen molar-refractivity contribution in [2.75, 3.05) is 0 Å². The Hall–Kier alpha value is -1.93. The molecule has 0 unspecified atom stereocenters. The minimum atomic E-state index is -1.12. The first-order valence-corrected chi connectivity index (χ1v) is 2.59. The topological polar surface area (TPSA) is 145 Å². The number of hydroxylamine groups is 1. The highest BCUT2D eigenvalue weighted by atomic mass is 16.7. The molecule has 1 heterocycles. The number of rotatable bonds is 0. The fourth-order valence-corrected chi connectivity index (χ4v) is 0.408. The van der Waals surface area contributed by atoms with Gasteiger partial charge >= 0.3 is 18.0 Å². The second-order valence-electron chi connectivity index (χ2n) is 1.57. The van der Waals surface area contributed by atoms with E-state index in [1.807, 2.05) is 0 Å². The number of hydrogen-bond acceptors (Lipinski definition) is 5. The van der Waals surface area contributed by atoms with E-state index < -0.39 is 18.0 Å². The number of cyclic esters (lactones) is 2. The Balaban J connectivity index is 0. The lowest BCUT2D eigenvalue weighted by molar-refractivity contribution is -0.147. The molecule has 0 radical (unpaired) electrons. The molecule has 0 saturated heterocycles. The fourth-order valence-electron chi connectivity index (χ4n) is 0.408. The third-order valence-electron chi connectivity index (χ3n) is 0.784. The Labute approximate surface area is 71.7 Å². The molecule has 0 fully saturated rings. The van der Waals surface area contributed by atoms with E-state index >= 15 is 0 Å². The van der Waals surface area contributed by atoms with Gasteiger partial charge in [0.1, 0.15) is 0 Å². The molecular weight excluding hydrogens is 186 g/mol. The second-order valence-corrected chi connectivity index (χ2v) is 1.57. The summed E-state index contributed by atoms with van der Waals surface area (Å²) in [7, 11) is 0. The van der Waals surface area contributed by atoms with Gasteiger partial charge in [0.15, 0.2) is 0 Å². The SMILES string of the molecule is O.O.O=C1/C=C/C(=O)OC(=O)NO1. The van der Waals surface area contributed by atoms with Crippen molar-refractivity contribution in [1.29, 1.82) is 0 Å². The molecule has 8 nitrogen and oxygen atoms in total. The molecule has 0 aliphatic carbocycles. The van der Waals surface area contributed by atoms with Crippen LogP contribution >= 0.6 is 0 Å². The summed E-state index contributed by atoms with van der Waals surface area (Å²) in [5.41, 5.74) is 1.58.